The SMILES string of the molecule is CC(C)OC(=O)C[C@H]1C[C@@H](CCN2C(=O)c3ccccc3[NH+]2[O-])OC(C)(C)O1. The summed E-state index contributed by atoms with van der Waals surface area (Å²) in [7, 11) is 0. The summed E-state index contributed by atoms with van der Waals surface area (Å²) in [6, 6.07) is 6.83. The van der Waals surface area contributed by atoms with Crippen molar-refractivity contribution in [3.63, 3.8) is 0 Å². The number of esters is 1. The number of hydrogen-bond donors (Lipinski definition) is 1. The van der Waals surface area contributed by atoms with E-state index in [4.69, 9.17) is 14.2 Å². The van der Waals surface area contributed by atoms with Crippen LogP contribution in [0, 0.1) is 5.21 Å². The third kappa shape index (κ3) is 4.70. The Hall–Kier alpha value is -2.00. The highest BCUT2D eigenvalue weighted by Gasteiger charge is 2.39. The van der Waals surface area contributed by atoms with Crippen LogP contribution in [0.4, 0.5) is 5.69 Å². The summed E-state index contributed by atoms with van der Waals surface area (Å²) in [4.78, 5) is 24.5. The average molecular weight is 392 g/mol. The quantitative estimate of drug-likeness (QED) is 0.585. The summed E-state index contributed by atoms with van der Waals surface area (Å²) in [6.07, 6.45) is 0.388. The molecule has 2 heterocycles. The van der Waals surface area contributed by atoms with Crippen molar-refractivity contribution < 1.29 is 29.0 Å². The maximum absolute atomic E-state index is 12.5. The molecule has 0 aliphatic carbocycles. The number of fused-ring (bicyclic) bond motifs is 1. The second-order valence-electron chi connectivity index (χ2n) is 7.95. The van der Waals surface area contributed by atoms with Crippen LogP contribution in [0.1, 0.15) is 57.3 Å². The summed E-state index contributed by atoms with van der Waals surface area (Å²) in [5.74, 6) is -1.44. The maximum atomic E-state index is 12.5. The summed E-state index contributed by atoms with van der Waals surface area (Å²) in [5, 5.41) is 13.5. The van der Waals surface area contributed by atoms with Gasteiger partial charge in [-0.25, -0.2) is 5.17 Å². The highest BCUT2D eigenvalue weighted by Crippen LogP contribution is 2.30. The van der Waals surface area contributed by atoms with Crippen molar-refractivity contribution in [2.24, 2.45) is 0 Å². The molecule has 154 valence electrons. The first-order valence-electron chi connectivity index (χ1n) is 9.66. The van der Waals surface area contributed by atoms with Gasteiger partial charge in [0.1, 0.15) is 5.56 Å². The lowest BCUT2D eigenvalue weighted by atomic mass is 10.0. The third-order valence-corrected chi connectivity index (χ3v) is 4.74. The summed E-state index contributed by atoms with van der Waals surface area (Å²) >= 11 is 0. The molecule has 8 heteroatoms. The molecular formula is C20H28N2O6. The van der Waals surface area contributed by atoms with E-state index in [9.17, 15) is 14.8 Å². The van der Waals surface area contributed by atoms with Crippen molar-refractivity contribution in [3.05, 3.63) is 35.0 Å². The molecule has 0 aromatic heterocycles. The van der Waals surface area contributed by atoms with Crippen LogP contribution in [0.3, 0.4) is 0 Å². The molecule has 0 radical (unpaired) electrons. The maximum Gasteiger partial charge on any atom is 0.308 e. The number of carbonyl (C=O) groups excluding carboxylic acids is 2. The predicted molar refractivity (Wildman–Crippen MR) is 100 cm³/mol. The molecule has 1 saturated heterocycles. The topological polar surface area (TPSA) is 92.6 Å². The van der Waals surface area contributed by atoms with Crippen molar-refractivity contribution in [2.75, 3.05) is 6.54 Å². The molecule has 1 amide bonds. The second-order valence-corrected chi connectivity index (χ2v) is 7.95. The number of carbonyl (C=O) groups is 2. The first-order valence-corrected chi connectivity index (χ1v) is 9.66. The molecule has 2 aliphatic heterocycles. The number of quaternary nitrogens is 1. The molecular weight excluding hydrogens is 364 g/mol. The largest absolute Gasteiger partial charge is 0.602 e. The van der Waals surface area contributed by atoms with Crippen molar-refractivity contribution in [3.8, 4) is 0 Å². The first kappa shape index (κ1) is 20.7. The monoisotopic (exact) mass is 392 g/mol. The Balaban J connectivity index is 1.59. The molecule has 0 bridgehead atoms. The van der Waals surface area contributed by atoms with Crippen LogP contribution in [-0.2, 0) is 19.0 Å². The minimum atomic E-state index is -0.853. The fraction of sp³-hybridized carbons (Fsp3) is 0.600. The van der Waals surface area contributed by atoms with Gasteiger partial charge in [0.05, 0.1) is 31.3 Å². The first-order chi connectivity index (χ1) is 13.2. The van der Waals surface area contributed by atoms with Gasteiger partial charge in [-0.1, -0.05) is 12.1 Å². The number of rotatable bonds is 6. The van der Waals surface area contributed by atoms with E-state index in [2.05, 4.69) is 0 Å². The molecule has 2 aliphatic rings. The minimum Gasteiger partial charge on any atom is -0.602 e. The van der Waals surface area contributed by atoms with E-state index in [0.29, 0.717) is 24.1 Å². The second kappa shape index (κ2) is 8.16. The molecule has 3 atom stereocenters. The number of nitrogens with zero attached hydrogens (tertiary/aromatic N) is 1. The van der Waals surface area contributed by atoms with Crippen LogP contribution in [0.5, 0.6) is 0 Å². The minimum absolute atomic E-state index is 0.147. The van der Waals surface area contributed by atoms with Crippen LogP contribution in [-0.4, -0.2) is 47.5 Å². The predicted octanol–water partition coefficient (Wildman–Crippen LogP) is 1.71. The van der Waals surface area contributed by atoms with Crippen LogP contribution >= 0.6 is 0 Å². The molecule has 8 nitrogen and oxygen atoms in total. The van der Waals surface area contributed by atoms with E-state index in [1.54, 1.807) is 52.0 Å². The Kier molecular flexibility index (Phi) is 6.04. The molecule has 1 fully saturated rings. The van der Waals surface area contributed by atoms with Crippen LogP contribution in [0.15, 0.2) is 24.3 Å². The molecule has 28 heavy (non-hydrogen) atoms. The summed E-state index contributed by atoms with van der Waals surface area (Å²) in [6.45, 7) is 7.45. The highest BCUT2D eigenvalue weighted by molar-refractivity contribution is 5.99. The van der Waals surface area contributed by atoms with Crippen LogP contribution in [0.2, 0.25) is 0 Å². The summed E-state index contributed by atoms with van der Waals surface area (Å²) in [5.41, 5.74) is 0.880. The lowest BCUT2D eigenvalue weighted by Gasteiger charge is -2.41. The van der Waals surface area contributed by atoms with E-state index < -0.39 is 5.79 Å². The van der Waals surface area contributed by atoms with Gasteiger partial charge in [-0.15, -0.1) is 0 Å². The van der Waals surface area contributed by atoms with Gasteiger partial charge in [0.15, 0.2) is 11.5 Å². The van der Waals surface area contributed by atoms with Gasteiger partial charge in [-0.3, -0.25) is 9.59 Å². The average Bonchev–Trinajstić information content (AvgIpc) is 2.82. The van der Waals surface area contributed by atoms with Crippen molar-refractivity contribution in [1.29, 1.82) is 0 Å². The van der Waals surface area contributed by atoms with Crippen molar-refractivity contribution in [1.82, 2.24) is 5.01 Å². The molecule has 1 unspecified atom stereocenters. The zero-order valence-electron chi connectivity index (χ0n) is 16.8. The van der Waals surface area contributed by atoms with E-state index in [1.165, 1.54) is 5.01 Å². The Bertz CT molecular complexity index is 735. The van der Waals surface area contributed by atoms with Gasteiger partial charge in [0, 0.05) is 12.5 Å². The molecule has 1 N–H and O–H groups in total. The molecule has 3 rings (SSSR count). The van der Waals surface area contributed by atoms with Crippen LogP contribution < -0.4 is 5.17 Å². The van der Waals surface area contributed by atoms with E-state index in [0.717, 1.165) is 0 Å². The fourth-order valence-corrected chi connectivity index (χ4v) is 3.73. The van der Waals surface area contributed by atoms with Gasteiger partial charge >= 0.3 is 11.9 Å². The number of nitrogens with one attached hydrogen (secondary N) is 1. The smallest absolute Gasteiger partial charge is 0.308 e. The Morgan fingerprint density at radius 1 is 1.32 bits per heavy atom. The molecule has 1 aromatic carbocycles. The zero-order valence-corrected chi connectivity index (χ0v) is 16.8. The standard InChI is InChI=1S/C20H28N2O6/c1-13(2)26-18(23)12-15-11-14(27-20(3,4)28-15)9-10-21-19(24)16-7-5-6-8-17(16)22(21)25/h5-8,13-15,22H,9-12H2,1-4H3/t14-,15-/m1/s1. The lowest BCUT2D eigenvalue weighted by molar-refractivity contribution is -0.890. The molecule has 1 aromatic rings. The van der Waals surface area contributed by atoms with E-state index in [1.807, 2.05) is 0 Å². The van der Waals surface area contributed by atoms with Gasteiger partial charge in [-0.05, 0) is 40.2 Å². The Morgan fingerprint density at radius 3 is 2.68 bits per heavy atom. The normalized spacial score (nSPS) is 26.4. The molecule has 0 saturated carbocycles. The third-order valence-electron chi connectivity index (χ3n) is 4.74. The van der Waals surface area contributed by atoms with E-state index >= 15 is 0 Å². The van der Waals surface area contributed by atoms with Crippen molar-refractivity contribution in [2.45, 2.75) is 71.1 Å². The Labute approximate surface area is 164 Å². The zero-order chi connectivity index (χ0) is 20.5. The van der Waals surface area contributed by atoms with Crippen LogP contribution in [0.25, 0.3) is 0 Å². The van der Waals surface area contributed by atoms with Gasteiger partial charge in [-0.2, -0.15) is 5.01 Å². The van der Waals surface area contributed by atoms with Gasteiger partial charge in [0.2, 0.25) is 0 Å². The van der Waals surface area contributed by atoms with Gasteiger partial charge < -0.3 is 19.4 Å². The number of hydrogen-bond acceptors (Lipinski definition) is 6. The Morgan fingerprint density at radius 2 is 2.00 bits per heavy atom. The number of benzene rings is 1. The highest BCUT2D eigenvalue weighted by atomic mass is 16.7. The van der Waals surface area contributed by atoms with Crippen molar-refractivity contribution >= 4 is 17.6 Å². The number of ether oxygens (including phenoxy) is 3. The number of amides is 1. The lowest BCUT2D eigenvalue weighted by Crippen LogP contribution is -3.08. The van der Waals surface area contributed by atoms with Gasteiger partial charge in [0.25, 0.3) is 0 Å². The fourth-order valence-electron chi connectivity index (χ4n) is 3.73. The van der Waals surface area contributed by atoms with E-state index in [-0.39, 0.29) is 48.3 Å². The molecule has 0 spiro atoms. The summed E-state index contributed by atoms with van der Waals surface area (Å²) < 4.78 is 17.0.